The van der Waals surface area contributed by atoms with Crippen LogP contribution in [0.25, 0.3) is 0 Å². The molecule has 2 unspecified atom stereocenters. The van der Waals surface area contributed by atoms with Gasteiger partial charge in [0.2, 0.25) is 5.91 Å². The molecule has 1 saturated heterocycles. The van der Waals surface area contributed by atoms with Gasteiger partial charge in [-0.25, -0.2) is 0 Å². The summed E-state index contributed by atoms with van der Waals surface area (Å²) in [5.74, 6) is -0.253. The SMILES string of the molecule is CC1CC(C(=O)Nc2ccc([N+](=O)[O-])cc2C#N)CCN1. The van der Waals surface area contributed by atoms with E-state index in [1.165, 1.54) is 18.2 Å². The number of non-ortho nitro benzene ring substituents is 1. The molecule has 1 aliphatic heterocycles. The van der Waals surface area contributed by atoms with Gasteiger partial charge in [0.25, 0.3) is 5.69 Å². The largest absolute Gasteiger partial charge is 0.325 e. The molecule has 1 amide bonds. The van der Waals surface area contributed by atoms with Gasteiger partial charge in [-0.2, -0.15) is 5.26 Å². The molecule has 7 heteroatoms. The number of amides is 1. The molecule has 1 heterocycles. The second-order valence-electron chi connectivity index (χ2n) is 5.16. The number of nitro benzene ring substituents is 1. The van der Waals surface area contributed by atoms with Crippen LogP contribution >= 0.6 is 0 Å². The first kappa shape index (κ1) is 14.9. The van der Waals surface area contributed by atoms with Crippen LogP contribution in [0.15, 0.2) is 18.2 Å². The number of rotatable bonds is 3. The molecule has 21 heavy (non-hydrogen) atoms. The minimum Gasteiger partial charge on any atom is -0.325 e. The van der Waals surface area contributed by atoms with Crippen LogP contribution < -0.4 is 10.6 Å². The quantitative estimate of drug-likeness (QED) is 0.651. The van der Waals surface area contributed by atoms with E-state index in [1.807, 2.05) is 13.0 Å². The molecule has 0 bridgehead atoms. The first-order valence-corrected chi connectivity index (χ1v) is 6.74. The van der Waals surface area contributed by atoms with E-state index in [9.17, 15) is 14.9 Å². The number of piperidine rings is 1. The molecular weight excluding hydrogens is 272 g/mol. The molecule has 0 aromatic heterocycles. The lowest BCUT2D eigenvalue weighted by molar-refractivity contribution is -0.384. The number of carbonyl (C=O) groups is 1. The molecular formula is C14H16N4O3. The zero-order valence-corrected chi connectivity index (χ0v) is 11.6. The zero-order valence-electron chi connectivity index (χ0n) is 11.6. The summed E-state index contributed by atoms with van der Waals surface area (Å²) in [5.41, 5.74) is 0.249. The van der Waals surface area contributed by atoms with E-state index < -0.39 is 4.92 Å². The van der Waals surface area contributed by atoms with Crippen LogP contribution in [-0.4, -0.2) is 23.4 Å². The lowest BCUT2D eigenvalue weighted by atomic mass is 9.92. The Morgan fingerprint density at radius 3 is 2.95 bits per heavy atom. The van der Waals surface area contributed by atoms with Crippen molar-refractivity contribution in [2.75, 3.05) is 11.9 Å². The third-order valence-corrected chi connectivity index (χ3v) is 3.59. The van der Waals surface area contributed by atoms with Gasteiger partial charge in [0, 0.05) is 24.1 Å². The van der Waals surface area contributed by atoms with E-state index in [4.69, 9.17) is 5.26 Å². The summed E-state index contributed by atoms with van der Waals surface area (Å²) in [4.78, 5) is 22.3. The van der Waals surface area contributed by atoms with Crippen molar-refractivity contribution in [3.63, 3.8) is 0 Å². The average molecular weight is 288 g/mol. The Bertz CT molecular complexity index is 609. The molecule has 0 radical (unpaired) electrons. The summed E-state index contributed by atoms with van der Waals surface area (Å²) in [6.45, 7) is 2.80. The summed E-state index contributed by atoms with van der Waals surface area (Å²) in [7, 11) is 0. The van der Waals surface area contributed by atoms with Gasteiger partial charge in [0.1, 0.15) is 6.07 Å². The number of anilines is 1. The normalized spacial score (nSPS) is 21.3. The molecule has 1 fully saturated rings. The van der Waals surface area contributed by atoms with Crippen LogP contribution in [0.2, 0.25) is 0 Å². The van der Waals surface area contributed by atoms with Crippen molar-refractivity contribution in [3.8, 4) is 6.07 Å². The lowest BCUT2D eigenvalue weighted by Gasteiger charge is -2.27. The van der Waals surface area contributed by atoms with Gasteiger partial charge in [-0.3, -0.25) is 14.9 Å². The van der Waals surface area contributed by atoms with E-state index in [1.54, 1.807) is 0 Å². The highest BCUT2D eigenvalue weighted by atomic mass is 16.6. The fourth-order valence-electron chi connectivity index (χ4n) is 2.45. The maximum Gasteiger partial charge on any atom is 0.270 e. The predicted octanol–water partition coefficient (Wildman–Crippen LogP) is 1.79. The number of nitro groups is 1. The Balaban J connectivity index is 2.14. The number of hydrogen-bond donors (Lipinski definition) is 2. The molecule has 0 saturated carbocycles. The highest BCUT2D eigenvalue weighted by molar-refractivity contribution is 5.94. The third kappa shape index (κ3) is 3.55. The van der Waals surface area contributed by atoms with Gasteiger partial charge in [0.05, 0.1) is 16.2 Å². The monoisotopic (exact) mass is 288 g/mol. The molecule has 110 valence electrons. The molecule has 1 aromatic rings. The van der Waals surface area contributed by atoms with Gasteiger partial charge in [-0.15, -0.1) is 0 Å². The van der Waals surface area contributed by atoms with Crippen molar-refractivity contribution < 1.29 is 9.72 Å². The Morgan fingerprint density at radius 2 is 2.33 bits per heavy atom. The molecule has 2 atom stereocenters. The van der Waals surface area contributed by atoms with Crippen LogP contribution in [0.1, 0.15) is 25.3 Å². The number of nitrogens with one attached hydrogen (secondary N) is 2. The van der Waals surface area contributed by atoms with E-state index in [0.717, 1.165) is 19.4 Å². The molecule has 1 aromatic carbocycles. The fraction of sp³-hybridized carbons (Fsp3) is 0.429. The van der Waals surface area contributed by atoms with Crippen LogP contribution in [0.4, 0.5) is 11.4 Å². The average Bonchev–Trinajstić information content (AvgIpc) is 2.47. The summed E-state index contributed by atoms with van der Waals surface area (Å²) in [5, 5.41) is 25.7. The summed E-state index contributed by atoms with van der Waals surface area (Å²) >= 11 is 0. The maximum atomic E-state index is 12.2. The van der Waals surface area contributed by atoms with Crippen LogP contribution in [0, 0.1) is 27.4 Å². The van der Waals surface area contributed by atoms with E-state index >= 15 is 0 Å². The van der Waals surface area contributed by atoms with Crippen molar-refractivity contribution in [1.29, 1.82) is 5.26 Å². The Hall–Kier alpha value is -2.46. The van der Waals surface area contributed by atoms with Crippen LogP contribution in [0.5, 0.6) is 0 Å². The van der Waals surface area contributed by atoms with Crippen molar-refractivity contribution in [2.45, 2.75) is 25.8 Å². The van der Waals surface area contributed by atoms with Gasteiger partial charge in [-0.1, -0.05) is 0 Å². The van der Waals surface area contributed by atoms with Crippen molar-refractivity contribution in [1.82, 2.24) is 5.32 Å². The number of hydrogen-bond acceptors (Lipinski definition) is 5. The van der Waals surface area contributed by atoms with Crippen LogP contribution in [0.3, 0.4) is 0 Å². The third-order valence-electron chi connectivity index (χ3n) is 3.59. The first-order chi connectivity index (χ1) is 10.0. The predicted molar refractivity (Wildman–Crippen MR) is 76.6 cm³/mol. The Labute approximate surface area is 122 Å². The molecule has 2 N–H and O–H groups in total. The number of nitriles is 1. The van der Waals surface area contributed by atoms with Crippen LogP contribution in [-0.2, 0) is 4.79 Å². The second-order valence-corrected chi connectivity index (χ2v) is 5.16. The Morgan fingerprint density at radius 1 is 1.57 bits per heavy atom. The van der Waals surface area contributed by atoms with Gasteiger partial charge >= 0.3 is 0 Å². The Kier molecular flexibility index (Phi) is 4.50. The highest BCUT2D eigenvalue weighted by Crippen LogP contribution is 2.24. The minimum atomic E-state index is -0.569. The number of benzene rings is 1. The molecule has 1 aliphatic rings. The highest BCUT2D eigenvalue weighted by Gasteiger charge is 2.25. The van der Waals surface area contributed by atoms with E-state index in [0.29, 0.717) is 5.69 Å². The summed E-state index contributed by atoms with van der Waals surface area (Å²) < 4.78 is 0. The summed E-state index contributed by atoms with van der Waals surface area (Å²) in [6.07, 6.45) is 1.48. The van der Waals surface area contributed by atoms with Gasteiger partial charge < -0.3 is 10.6 Å². The van der Waals surface area contributed by atoms with Crippen molar-refractivity contribution in [2.24, 2.45) is 5.92 Å². The van der Waals surface area contributed by atoms with Crippen molar-refractivity contribution in [3.05, 3.63) is 33.9 Å². The summed E-state index contributed by atoms with van der Waals surface area (Å²) in [6, 6.07) is 6.00. The molecule has 0 aliphatic carbocycles. The molecule has 7 nitrogen and oxygen atoms in total. The fourth-order valence-corrected chi connectivity index (χ4v) is 2.45. The standard InChI is InChI=1S/C14H16N4O3/c1-9-6-10(4-5-16-9)14(19)17-13-3-2-12(18(20)21)7-11(13)8-15/h2-3,7,9-10,16H,4-6H2,1H3,(H,17,19). The second kappa shape index (κ2) is 6.33. The lowest BCUT2D eigenvalue weighted by Crippen LogP contribution is -2.40. The van der Waals surface area contributed by atoms with Gasteiger partial charge in [-0.05, 0) is 32.4 Å². The maximum absolute atomic E-state index is 12.2. The number of nitrogens with zero attached hydrogens (tertiary/aromatic N) is 2. The first-order valence-electron chi connectivity index (χ1n) is 6.74. The van der Waals surface area contributed by atoms with E-state index in [-0.39, 0.29) is 29.1 Å². The van der Waals surface area contributed by atoms with Gasteiger partial charge in [0.15, 0.2) is 0 Å². The molecule has 0 spiro atoms. The minimum absolute atomic E-state index is 0.0968. The van der Waals surface area contributed by atoms with E-state index in [2.05, 4.69) is 10.6 Å². The van der Waals surface area contributed by atoms with Crippen molar-refractivity contribution >= 4 is 17.3 Å². The number of carbonyl (C=O) groups excluding carboxylic acids is 1. The topological polar surface area (TPSA) is 108 Å². The molecule has 2 rings (SSSR count). The zero-order chi connectivity index (χ0) is 15.4. The smallest absolute Gasteiger partial charge is 0.270 e.